The van der Waals surface area contributed by atoms with E-state index in [2.05, 4.69) is 22.1 Å². The van der Waals surface area contributed by atoms with E-state index in [4.69, 9.17) is 11.6 Å². The van der Waals surface area contributed by atoms with E-state index in [1.807, 2.05) is 24.3 Å². The van der Waals surface area contributed by atoms with Gasteiger partial charge in [-0.15, -0.1) is 11.3 Å². The van der Waals surface area contributed by atoms with Crippen LogP contribution in [-0.2, 0) is 0 Å². The van der Waals surface area contributed by atoms with Gasteiger partial charge in [0, 0.05) is 23.3 Å². The maximum absolute atomic E-state index is 12.6. The fourth-order valence-corrected chi connectivity index (χ4v) is 4.84. The maximum atomic E-state index is 12.6. The average Bonchev–Trinajstić information content (AvgIpc) is 3.09. The number of nitrogens with one attached hydrogen (secondary N) is 1. The van der Waals surface area contributed by atoms with Crippen LogP contribution < -0.4 is 5.32 Å². The van der Waals surface area contributed by atoms with E-state index in [-0.39, 0.29) is 11.9 Å². The minimum atomic E-state index is -0.0502. The predicted octanol–water partition coefficient (Wildman–Crippen LogP) is 3.68. The molecule has 6 heteroatoms. The number of carbonyl (C=O) groups is 1. The second kappa shape index (κ2) is 6.47. The number of amides is 1. The number of thiazole rings is 1. The van der Waals surface area contributed by atoms with Gasteiger partial charge in [-0.2, -0.15) is 0 Å². The molecule has 1 aromatic carbocycles. The van der Waals surface area contributed by atoms with E-state index in [1.165, 1.54) is 24.2 Å². The molecule has 2 aromatic rings. The van der Waals surface area contributed by atoms with Crippen LogP contribution in [0.4, 0.5) is 0 Å². The first-order valence-electron chi connectivity index (χ1n) is 8.38. The summed E-state index contributed by atoms with van der Waals surface area (Å²) in [5.41, 5.74) is 1.03. The smallest absolute Gasteiger partial charge is 0.280 e. The largest absolute Gasteiger partial charge is 0.345 e. The van der Waals surface area contributed by atoms with E-state index >= 15 is 0 Å². The van der Waals surface area contributed by atoms with Crippen LogP contribution in [0, 0.1) is 5.92 Å². The van der Waals surface area contributed by atoms with Crippen LogP contribution in [0.3, 0.4) is 0 Å². The van der Waals surface area contributed by atoms with Gasteiger partial charge >= 0.3 is 0 Å². The molecule has 4 nitrogen and oxygen atoms in total. The SMILES string of the molecule is C[C@H]1[C@H](NC(=O)c2ncc(-c3ccc(Cl)cc3)s2)C2CCN1CC2. The lowest BCUT2D eigenvalue weighted by atomic mass is 9.79. The van der Waals surface area contributed by atoms with Gasteiger partial charge in [0.05, 0.1) is 4.88 Å². The van der Waals surface area contributed by atoms with Gasteiger partial charge in [-0.25, -0.2) is 4.98 Å². The Hall–Kier alpha value is -1.43. The first-order valence-corrected chi connectivity index (χ1v) is 9.58. The molecule has 1 amide bonds. The van der Waals surface area contributed by atoms with Crippen LogP contribution >= 0.6 is 22.9 Å². The van der Waals surface area contributed by atoms with Crippen LogP contribution in [0.25, 0.3) is 10.4 Å². The molecule has 0 radical (unpaired) electrons. The van der Waals surface area contributed by atoms with Crippen LogP contribution in [0.5, 0.6) is 0 Å². The molecule has 4 heterocycles. The standard InChI is InChI=1S/C18H20ClN3OS/c1-11-16(13-6-8-22(11)9-7-13)21-17(23)18-20-10-15(24-18)12-2-4-14(19)5-3-12/h2-5,10-11,13,16H,6-9H2,1H3,(H,21,23)/t11-,16-/m0/s1. The molecule has 2 atom stereocenters. The Bertz CT molecular complexity index is 735. The van der Waals surface area contributed by atoms with Crippen molar-refractivity contribution in [1.82, 2.24) is 15.2 Å². The molecule has 5 rings (SSSR count). The zero-order valence-corrected chi connectivity index (χ0v) is 15.1. The Morgan fingerprint density at radius 1 is 1.29 bits per heavy atom. The summed E-state index contributed by atoms with van der Waals surface area (Å²) in [7, 11) is 0. The third kappa shape index (κ3) is 2.96. The quantitative estimate of drug-likeness (QED) is 0.907. The van der Waals surface area contributed by atoms with Gasteiger partial charge in [-0.3, -0.25) is 9.69 Å². The van der Waals surface area contributed by atoms with Crippen LogP contribution in [-0.4, -0.2) is 41.0 Å². The topological polar surface area (TPSA) is 45.2 Å². The van der Waals surface area contributed by atoms with Crippen molar-refractivity contribution >= 4 is 28.8 Å². The maximum Gasteiger partial charge on any atom is 0.280 e. The summed E-state index contributed by atoms with van der Waals surface area (Å²) in [6.07, 6.45) is 4.13. The van der Waals surface area contributed by atoms with Crippen molar-refractivity contribution in [2.45, 2.75) is 31.8 Å². The molecular weight excluding hydrogens is 342 g/mol. The highest BCUT2D eigenvalue weighted by Gasteiger charge is 2.40. The number of fused-ring (bicyclic) bond motifs is 3. The second-order valence-corrected chi connectivity index (χ2v) is 8.12. The molecule has 24 heavy (non-hydrogen) atoms. The van der Waals surface area contributed by atoms with E-state index in [9.17, 15) is 4.79 Å². The predicted molar refractivity (Wildman–Crippen MR) is 97.6 cm³/mol. The van der Waals surface area contributed by atoms with E-state index in [1.54, 1.807) is 6.20 Å². The zero-order chi connectivity index (χ0) is 16.7. The Kier molecular flexibility index (Phi) is 4.33. The fourth-order valence-electron chi connectivity index (χ4n) is 3.89. The third-order valence-corrected chi connectivity index (χ3v) is 6.60. The first-order chi connectivity index (χ1) is 11.6. The molecule has 1 aromatic heterocycles. The van der Waals surface area contributed by atoms with Crippen molar-refractivity contribution in [3.63, 3.8) is 0 Å². The normalized spacial score (nSPS) is 28.8. The summed E-state index contributed by atoms with van der Waals surface area (Å²) >= 11 is 7.36. The molecule has 0 unspecified atom stereocenters. The van der Waals surface area contributed by atoms with E-state index in [0.717, 1.165) is 23.5 Å². The molecule has 0 saturated carbocycles. The monoisotopic (exact) mass is 361 g/mol. The fraction of sp³-hybridized carbons (Fsp3) is 0.444. The summed E-state index contributed by atoms with van der Waals surface area (Å²) in [6, 6.07) is 8.26. The highest BCUT2D eigenvalue weighted by molar-refractivity contribution is 7.17. The van der Waals surface area contributed by atoms with Gasteiger partial charge in [-0.05, 0) is 56.5 Å². The summed E-state index contributed by atoms with van der Waals surface area (Å²) in [4.78, 5) is 20.4. The van der Waals surface area contributed by atoms with E-state index < -0.39 is 0 Å². The molecule has 1 N–H and O–H groups in total. The van der Waals surface area contributed by atoms with Crippen molar-refractivity contribution in [3.05, 3.63) is 40.5 Å². The number of hydrogen-bond acceptors (Lipinski definition) is 4. The molecule has 0 aliphatic carbocycles. The zero-order valence-electron chi connectivity index (χ0n) is 13.5. The Morgan fingerprint density at radius 3 is 2.67 bits per heavy atom. The first kappa shape index (κ1) is 16.1. The molecule has 3 saturated heterocycles. The van der Waals surface area contributed by atoms with E-state index in [0.29, 0.717) is 22.0 Å². The lowest BCUT2D eigenvalue weighted by Crippen LogP contribution is -2.62. The second-order valence-electron chi connectivity index (χ2n) is 6.65. The lowest BCUT2D eigenvalue weighted by molar-refractivity contribution is 0.0217. The number of hydrogen-bond donors (Lipinski definition) is 1. The minimum Gasteiger partial charge on any atom is -0.345 e. The van der Waals surface area contributed by atoms with Crippen molar-refractivity contribution in [1.29, 1.82) is 0 Å². The molecular formula is C18H20ClN3OS. The van der Waals surface area contributed by atoms with Gasteiger partial charge < -0.3 is 5.32 Å². The Labute approximate surface area is 150 Å². The van der Waals surface area contributed by atoms with Crippen LogP contribution in [0.2, 0.25) is 5.02 Å². The van der Waals surface area contributed by atoms with Crippen molar-refractivity contribution < 1.29 is 4.79 Å². The summed E-state index contributed by atoms with van der Waals surface area (Å²) in [5.74, 6) is 0.551. The number of benzene rings is 1. The van der Waals surface area contributed by atoms with Crippen molar-refractivity contribution in [2.75, 3.05) is 13.1 Å². The van der Waals surface area contributed by atoms with Gasteiger partial charge in [0.2, 0.25) is 0 Å². The van der Waals surface area contributed by atoms with Gasteiger partial charge in [-0.1, -0.05) is 23.7 Å². The number of carbonyl (C=O) groups excluding carboxylic acids is 1. The molecule has 126 valence electrons. The summed E-state index contributed by atoms with van der Waals surface area (Å²) in [5, 5.41) is 4.47. The highest BCUT2D eigenvalue weighted by Crippen LogP contribution is 2.33. The molecule has 3 aliphatic heterocycles. The van der Waals surface area contributed by atoms with Gasteiger partial charge in [0.1, 0.15) is 0 Å². The number of halogens is 1. The van der Waals surface area contributed by atoms with Gasteiger partial charge in [0.15, 0.2) is 5.01 Å². The lowest BCUT2D eigenvalue weighted by Gasteiger charge is -2.49. The Morgan fingerprint density at radius 2 is 2.00 bits per heavy atom. The van der Waals surface area contributed by atoms with Crippen molar-refractivity contribution in [3.8, 4) is 10.4 Å². The number of rotatable bonds is 3. The van der Waals surface area contributed by atoms with Crippen LogP contribution in [0.15, 0.2) is 30.5 Å². The third-order valence-electron chi connectivity index (χ3n) is 5.30. The molecule has 0 spiro atoms. The molecule has 2 bridgehead atoms. The summed E-state index contributed by atoms with van der Waals surface area (Å²) < 4.78 is 0. The number of nitrogens with zero attached hydrogens (tertiary/aromatic N) is 2. The molecule has 3 fully saturated rings. The highest BCUT2D eigenvalue weighted by atomic mass is 35.5. The van der Waals surface area contributed by atoms with Crippen LogP contribution in [0.1, 0.15) is 29.6 Å². The Balaban J connectivity index is 1.48. The number of piperidine rings is 3. The number of aromatic nitrogens is 1. The average molecular weight is 362 g/mol. The molecule has 3 aliphatic rings. The van der Waals surface area contributed by atoms with Crippen molar-refractivity contribution in [2.24, 2.45) is 5.92 Å². The minimum absolute atomic E-state index is 0.0502. The summed E-state index contributed by atoms with van der Waals surface area (Å²) in [6.45, 7) is 4.55. The van der Waals surface area contributed by atoms with Gasteiger partial charge in [0.25, 0.3) is 5.91 Å².